The van der Waals surface area contributed by atoms with Gasteiger partial charge in [-0.25, -0.2) is 4.98 Å². The van der Waals surface area contributed by atoms with Crippen LogP contribution in [0.1, 0.15) is 58.2 Å². The third kappa shape index (κ3) is 2.98. The average molecular weight is 305 g/mol. The Morgan fingerprint density at radius 1 is 1.38 bits per heavy atom. The van der Waals surface area contributed by atoms with Crippen molar-refractivity contribution >= 4 is 16.7 Å². The lowest BCUT2D eigenvalue weighted by Crippen LogP contribution is -2.36. The second-order valence-corrected chi connectivity index (χ2v) is 7.74. The van der Waals surface area contributed by atoms with E-state index in [-0.39, 0.29) is 11.5 Å². The van der Waals surface area contributed by atoms with Gasteiger partial charge in [0.15, 0.2) is 0 Å². The van der Waals surface area contributed by atoms with Crippen molar-refractivity contribution in [2.45, 2.75) is 52.0 Å². The summed E-state index contributed by atoms with van der Waals surface area (Å²) in [6.45, 7) is 9.79. The first kappa shape index (κ1) is 14.6. The average Bonchev–Trinajstić information content (AvgIpc) is 3.09. The van der Waals surface area contributed by atoms with Crippen LogP contribution in [0.2, 0.25) is 0 Å². The van der Waals surface area contributed by atoms with Crippen LogP contribution in [0.15, 0.2) is 22.8 Å². The maximum Gasteiger partial charge on any atom is 0.205 e. The Kier molecular flexibility index (Phi) is 3.78. The first-order valence-corrected chi connectivity index (χ1v) is 8.36. The molecule has 2 aromatic heterocycles. The zero-order valence-corrected chi connectivity index (χ0v) is 14.0. The van der Waals surface area contributed by atoms with E-state index in [0.29, 0.717) is 5.92 Å². The Bertz CT molecular complexity index is 585. The molecule has 2 aromatic rings. The normalized spacial score (nSPS) is 23.5. The molecule has 21 heavy (non-hydrogen) atoms. The Morgan fingerprint density at radius 2 is 2.19 bits per heavy atom. The van der Waals surface area contributed by atoms with E-state index in [1.165, 1.54) is 18.0 Å². The third-order valence-electron chi connectivity index (χ3n) is 4.07. The zero-order chi connectivity index (χ0) is 15.0. The van der Waals surface area contributed by atoms with Gasteiger partial charge < -0.3 is 9.32 Å². The summed E-state index contributed by atoms with van der Waals surface area (Å²) in [5.74, 6) is 2.68. The molecule has 4 nitrogen and oxygen atoms in total. The second-order valence-electron chi connectivity index (χ2n) is 7.00. The number of hydrogen-bond acceptors (Lipinski definition) is 5. The molecule has 3 rings (SSSR count). The first-order chi connectivity index (χ1) is 9.95. The van der Waals surface area contributed by atoms with Crippen LogP contribution in [-0.4, -0.2) is 15.9 Å². The van der Waals surface area contributed by atoms with Crippen LogP contribution in [0.25, 0.3) is 0 Å². The number of aromatic nitrogens is 2. The fourth-order valence-electron chi connectivity index (χ4n) is 2.76. The predicted octanol–water partition coefficient (Wildman–Crippen LogP) is 4.41. The smallest absolute Gasteiger partial charge is 0.205 e. The maximum atomic E-state index is 5.66. The Balaban J connectivity index is 1.90. The molecule has 1 aliphatic rings. The highest BCUT2D eigenvalue weighted by Gasteiger charge is 2.32. The molecule has 114 valence electrons. The lowest BCUT2D eigenvalue weighted by atomic mass is 9.91. The summed E-state index contributed by atoms with van der Waals surface area (Å²) in [7, 11) is 0. The van der Waals surface area contributed by atoms with E-state index in [4.69, 9.17) is 9.40 Å². The molecule has 2 unspecified atom stereocenters. The SMILES string of the molecule is CC1CCN(c2nc(C(C)(C)C)ns2)C(c2ccco2)C1. The number of rotatable bonds is 2. The number of furan rings is 1. The molecule has 5 heteroatoms. The van der Waals surface area contributed by atoms with Gasteiger partial charge in [-0.15, -0.1) is 0 Å². The highest BCUT2D eigenvalue weighted by atomic mass is 32.1. The fourth-order valence-corrected chi connectivity index (χ4v) is 3.69. The van der Waals surface area contributed by atoms with E-state index < -0.39 is 0 Å². The van der Waals surface area contributed by atoms with Gasteiger partial charge in [-0.05, 0) is 30.9 Å². The van der Waals surface area contributed by atoms with E-state index in [1.54, 1.807) is 6.26 Å². The molecule has 0 aliphatic carbocycles. The molecular formula is C16H23N3OS. The van der Waals surface area contributed by atoms with Gasteiger partial charge in [-0.1, -0.05) is 27.7 Å². The van der Waals surface area contributed by atoms with Crippen LogP contribution in [0.3, 0.4) is 0 Å². The van der Waals surface area contributed by atoms with Crippen LogP contribution in [0, 0.1) is 5.92 Å². The molecule has 1 aliphatic heterocycles. The van der Waals surface area contributed by atoms with Crippen molar-refractivity contribution in [3.8, 4) is 0 Å². The van der Waals surface area contributed by atoms with Gasteiger partial charge >= 0.3 is 0 Å². The molecule has 0 N–H and O–H groups in total. The molecule has 1 fully saturated rings. The summed E-state index contributed by atoms with van der Waals surface area (Å²) in [5.41, 5.74) is -0.00198. The maximum absolute atomic E-state index is 5.66. The van der Waals surface area contributed by atoms with Crippen LogP contribution < -0.4 is 4.90 Å². The topological polar surface area (TPSA) is 42.2 Å². The van der Waals surface area contributed by atoms with Crippen LogP contribution in [-0.2, 0) is 5.41 Å². The van der Waals surface area contributed by atoms with Gasteiger partial charge in [-0.2, -0.15) is 4.37 Å². The Hall–Kier alpha value is -1.36. The molecule has 0 saturated carbocycles. The van der Waals surface area contributed by atoms with Crippen LogP contribution >= 0.6 is 11.5 Å². The van der Waals surface area contributed by atoms with E-state index in [0.717, 1.165) is 29.7 Å². The standard InChI is InChI=1S/C16H23N3OS/c1-11-7-8-19(12(10-11)13-6-5-9-20-13)15-17-14(18-21-15)16(2,3)4/h5-6,9,11-12H,7-8,10H2,1-4H3. The Morgan fingerprint density at radius 3 is 2.81 bits per heavy atom. The molecule has 1 saturated heterocycles. The summed E-state index contributed by atoms with van der Waals surface area (Å²) in [5, 5.41) is 1.02. The third-order valence-corrected chi connectivity index (χ3v) is 4.82. The van der Waals surface area contributed by atoms with E-state index in [9.17, 15) is 0 Å². The van der Waals surface area contributed by atoms with Crippen molar-refractivity contribution in [1.82, 2.24) is 9.36 Å². The molecule has 2 atom stereocenters. The van der Waals surface area contributed by atoms with E-state index in [1.807, 2.05) is 6.07 Å². The largest absolute Gasteiger partial charge is 0.467 e. The van der Waals surface area contributed by atoms with Crippen molar-refractivity contribution in [3.63, 3.8) is 0 Å². The van der Waals surface area contributed by atoms with Gasteiger partial charge in [0.1, 0.15) is 11.6 Å². The molecule has 0 radical (unpaired) electrons. The van der Waals surface area contributed by atoms with Crippen molar-refractivity contribution in [3.05, 3.63) is 30.0 Å². The fraction of sp³-hybridized carbons (Fsp3) is 0.625. The number of nitrogens with zero attached hydrogens (tertiary/aromatic N) is 3. The lowest BCUT2D eigenvalue weighted by Gasteiger charge is -2.37. The monoisotopic (exact) mass is 305 g/mol. The van der Waals surface area contributed by atoms with Crippen LogP contribution in [0.5, 0.6) is 0 Å². The molecular weight excluding hydrogens is 282 g/mol. The van der Waals surface area contributed by atoms with Gasteiger partial charge in [-0.3, -0.25) is 0 Å². The summed E-state index contributed by atoms with van der Waals surface area (Å²) in [4.78, 5) is 7.15. The van der Waals surface area contributed by atoms with Crippen LogP contribution in [0.4, 0.5) is 5.13 Å². The highest BCUT2D eigenvalue weighted by molar-refractivity contribution is 7.09. The van der Waals surface area contributed by atoms with Crippen molar-refractivity contribution in [1.29, 1.82) is 0 Å². The lowest BCUT2D eigenvalue weighted by molar-refractivity contribution is 0.328. The first-order valence-electron chi connectivity index (χ1n) is 7.59. The Labute approximate surface area is 130 Å². The van der Waals surface area contributed by atoms with E-state index >= 15 is 0 Å². The minimum atomic E-state index is -0.00198. The number of hydrogen-bond donors (Lipinski definition) is 0. The molecule has 0 amide bonds. The summed E-state index contributed by atoms with van der Waals surface area (Å²) >= 11 is 1.51. The zero-order valence-electron chi connectivity index (χ0n) is 13.2. The second kappa shape index (κ2) is 5.44. The van der Waals surface area contributed by atoms with Gasteiger partial charge in [0.2, 0.25) is 5.13 Å². The molecule has 0 bridgehead atoms. The van der Waals surface area contributed by atoms with Gasteiger partial charge in [0, 0.05) is 23.5 Å². The summed E-state index contributed by atoms with van der Waals surface area (Å²) < 4.78 is 10.2. The highest BCUT2D eigenvalue weighted by Crippen LogP contribution is 2.39. The molecule has 3 heterocycles. The minimum absolute atomic E-state index is 0.00198. The van der Waals surface area contributed by atoms with Gasteiger partial charge in [0.05, 0.1) is 12.3 Å². The summed E-state index contributed by atoms with van der Waals surface area (Å²) in [6, 6.07) is 4.32. The van der Waals surface area contributed by atoms with Crippen molar-refractivity contribution in [2.24, 2.45) is 5.92 Å². The quantitative estimate of drug-likeness (QED) is 0.824. The van der Waals surface area contributed by atoms with E-state index in [2.05, 4.69) is 43.0 Å². The summed E-state index contributed by atoms with van der Waals surface area (Å²) in [6.07, 6.45) is 4.06. The van der Waals surface area contributed by atoms with Crippen molar-refractivity contribution < 1.29 is 4.42 Å². The predicted molar refractivity (Wildman–Crippen MR) is 85.8 cm³/mol. The number of anilines is 1. The van der Waals surface area contributed by atoms with Crippen molar-refractivity contribution in [2.75, 3.05) is 11.4 Å². The van der Waals surface area contributed by atoms with Gasteiger partial charge in [0.25, 0.3) is 0 Å². The minimum Gasteiger partial charge on any atom is -0.467 e. The molecule has 0 aromatic carbocycles. The molecule has 0 spiro atoms. The number of piperidine rings is 1.